The molecule has 2 aliphatic heterocycles. The van der Waals surface area contributed by atoms with Crippen molar-refractivity contribution < 1.29 is 9.53 Å². The van der Waals surface area contributed by atoms with Gasteiger partial charge in [-0.3, -0.25) is 14.6 Å². The van der Waals surface area contributed by atoms with Crippen molar-refractivity contribution in [3.05, 3.63) is 48.2 Å². The van der Waals surface area contributed by atoms with Crippen LogP contribution in [0.4, 0.5) is 0 Å². The van der Waals surface area contributed by atoms with E-state index >= 15 is 0 Å². The number of nitrogens with zero attached hydrogens (tertiary/aromatic N) is 5. The lowest BCUT2D eigenvalue weighted by atomic mass is 10.1. The molecule has 7 nitrogen and oxygen atoms in total. The zero-order valence-electron chi connectivity index (χ0n) is 19.4. The molecule has 1 atom stereocenters. The highest BCUT2D eigenvalue weighted by atomic mass is 16.5. The van der Waals surface area contributed by atoms with Crippen molar-refractivity contribution in [2.24, 2.45) is 9.98 Å². The van der Waals surface area contributed by atoms with Gasteiger partial charge in [0.05, 0.1) is 6.42 Å². The molecule has 1 aromatic rings. The second kappa shape index (κ2) is 13.1. The first-order valence-electron chi connectivity index (χ1n) is 11.8. The van der Waals surface area contributed by atoms with E-state index in [4.69, 9.17) is 4.74 Å². The maximum atomic E-state index is 12.7. The van der Waals surface area contributed by atoms with Gasteiger partial charge in [0.2, 0.25) is 5.96 Å². The Hall–Kier alpha value is -2.51. The summed E-state index contributed by atoms with van der Waals surface area (Å²) in [5.74, 6) is 0.569. The smallest absolute Gasteiger partial charge is 0.307 e. The Labute approximate surface area is 192 Å². The first kappa shape index (κ1) is 24.1. The lowest BCUT2D eigenvalue weighted by molar-refractivity contribution is -0.146. The van der Waals surface area contributed by atoms with E-state index in [1.54, 1.807) is 6.20 Å². The Balaban J connectivity index is 1.54. The third kappa shape index (κ3) is 7.57. The molecule has 1 aromatic carbocycles. The van der Waals surface area contributed by atoms with Crippen molar-refractivity contribution >= 4 is 18.6 Å². The van der Waals surface area contributed by atoms with Crippen LogP contribution in [0.1, 0.15) is 38.2 Å². The van der Waals surface area contributed by atoms with Gasteiger partial charge in [0.1, 0.15) is 6.61 Å². The fourth-order valence-corrected chi connectivity index (χ4v) is 4.37. The molecule has 0 spiro atoms. The fourth-order valence-electron chi connectivity index (χ4n) is 4.37. The van der Waals surface area contributed by atoms with E-state index in [9.17, 15) is 4.79 Å². The fraction of sp³-hybridized carbons (Fsp3) is 0.560. The second-order valence-corrected chi connectivity index (χ2v) is 8.46. The SMILES string of the molecule is C=N/C(=N\C=C/C)N1CCN(CC(CC(=O)OCc2ccccc2)N2CCCCC2)CC1. The van der Waals surface area contributed by atoms with Gasteiger partial charge < -0.3 is 9.64 Å². The number of rotatable bonds is 8. The maximum absolute atomic E-state index is 12.7. The van der Waals surface area contributed by atoms with Gasteiger partial charge in [-0.05, 0) is 45.1 Å². The molecule has 0 aliphatic carbocycles. The number of carbonyl (C=O) groups is 1. The van der Waals surface area contributed by atoms with Gasteiger partial charge in [-0.2, -0.15) is 0 Å². The van der Waals surface area contributed by atoms with Crippen LogP contribution in [0.3, 0.4) is 0 Å². The normalized spacial score (nSPS) is 19.8. The van der Waals surface area contributed by atoms with Crippen LogP contribution in [0.25, 0.3) is 0 Å². The molecule has 2 fully saturated rings. The molecule has 2 heterocycles. The maximum Gasteiger partial charge on any atom is 0.307 e. The summed E-state index contributed by atoms with van der Waals surface area (Å²) in [6.45, 7) is 12.5. The topological polar surface area (TPSA) is 60.7 Å². The van der Waals surface area contributed by atoms with Crippen molar-refractivity contribution in [1.82, 2.24) is 14.7 Å². The minimum Gasteiger partial charge on any atom is -0.461 e. The van der Waals surface area contributed by atoms with Crippen molar-refractivity contribution in [3.63, 3.8) is 0 Å². The van der Waals surface area contributed by atoms with Crippen molar-refractivity contribution in [2.45, 2.75) is 45.3 Å². The predicted molar refractivity (Wildman–Crippen MR) is 130 cm³/mol. The number of piperidine rings is 1. The molecule has 2 saturated heterocycles. The molecule has 0 saturated carbocycles. The molecule has 3 rings (SSSR count). The first-order valence-corrected chi connectivity index (χ1v) is 11.8. The molecule has 7 heteroatoms. The van der Waals surface area contributed by atoms with Gasteiger partial charge in [0.25, 0.3) is 0 Å². The lowest BCUT2D eigenvalue weighted by Gasteiger charge is -2.40. The van der Waals surface area contributed by atoms with Gasteiger partial charge in [-0.15, -0.1) is 0 Å². The standard InChI is InChI=1S/C25H37N5O2/c1-3-12-27-25(26-2)30-17-15-28(16-18-30)20-23(29-13-8-5-9-14-29)19-24(31)32-21-22-10-6-4-7-11-22/h3-4,6-7,10-12,23H,2,5,8-9,13-21H2,1H3/b12-3-,27-25+. The molecule has 0 radical (unpaired) electrons. The number of piperazine rings is 1. The lowest BCUT2D eigenvalue weighted by Crippen LogP contribution is -2.53. The molecule has 174 valence electrons. The van der Waals surface area contributed by atoms with Crippen LogP contribution in [0.5, 0.6) is 0 Å². The van der Waals surface area contributed by atoms with Crippen LogP contribution in [0.2, 0.25) is 0 Å². The Bertz CT molecular complexity index is 766. The summed E-state index contributed by atoms with van der Waals surface area (Å²) in [6.07, 6.45) is 7.78. The van der Waals surface area contributed by atoms with Crippen LogP contribution in [-0.4, -0.2) is 85.2 Å². The second-order valence-electron chi connectivity index (χ2n) is 8.46. The number of carbonyl (C=O) groups excluding carboxylic acids is 1. The van der Waals surface area contributed by atoms with Gasteiger partial charge in [-0.25, -0.2) is 9.98 Å². The van der Waals surface area contributed by atoms with E-state index in [2.05, 4.69) is 31.4 Å². The van der Waals surface area contributed by atoms with E-state index in [0.29, 0.717) is 19.0 Å². The van der Waals surface area contributed by atoms with E-state index in [1.807, 2.05) is 43.3 Å². The van der Waals surface area contributed by atoms with Crippen molar-refractivity contribution in [1.29, 1.82) is 0 Å². The molecule has 2 aliphatic rings. The summed E-state index contributed by atoms with van der Waals surface area (Å²) < 4.78 is 5.61. The van der Waals surface area contributed by atoms with E-state index in [1.165, 1.54) is 19.3 Å². The zero-order valence-corrected chi connectivity index (χ0v) is 19.4. The number of aliphatic imine (C=N–C) groups is 2. The van der Waals surface area contributed by atoms with Gasteiger partial charge in [0.15, 0.2) is 0 Å². The highest BCUT2D eigenvalue weighted by molar-refractivity contribution is 5.84. The molecule has 0 N–H and O–H groups in total. The molecule has 32 heavy (non-hydrogen) atoms. The summed E-state index contributed by atoms with van der Waals surface area (Å²) >= 11 is 0. The van der Waals surface area contributed by atoms with E-state index in [-0.39, 0.29) is 12.0 Å². The van der Waals surface area contributed by atoms with Gasteiger partial charge in [0, 0.05) is 45.0 Å². The Kier molecular flexibility index (Phi) is 9.91. The number of esters is 1. The summed E-state index contributed by atoms with van der Waals surface area (Å²) in [6, 6.07) is 10.1. The monoisotopic (exact) mass is 439 g/mol. The average Bonchev–Trinajstić information content (AvgIpc) is 2.85. The number of ether oxygens (including phenoxy) is 1. The Morgan fingerprint density at radius 2 is 1.81 bits per heavy atom. The number of hydrogen-bond donors (Lipinski definition) is 0. The van der Waals surface area contributed by atoms with Gasteiger partial charge >= 0.3 is 5.97 Å². The van der Waals surface area contributed by atoms with Crippen LogP contribution < -0.4 is 0 Å². The molecular weight excluding hydrogens is 402 g/mol. The molecule has 0 aromatic heterocycles. The summed E-state index contributed by atoms with van der Waals surface area (Å²) in [5.41, 5.74) is 1.03. The third-order valence-electron chi connectivity index (χ3n) is 6.16. The number of allylic oxidation sites excluding steroid dienone is 1. The number of benzene rings is 1. The van der Waals surface area contributed by atoms with Crippen LogP contribution >= 0.6 is 0 Å². The molecule has 0 amide bonds. The number of guanidine groups is 1. The first-order chi connectivity index (χ1) is 15.7. The predicted octanol–water partition coefficient (Wildman–Crippen LogP) is 3.18. The van der Waals surface area contributed by atoms with Crippen LogP contribution in [-0.2, 0) is 16.1 Å². The number of likely N-dealkylation sites (tertiary alicyclic amines) is 1. The van der Waals surface area contributed by atoms with Crippen LogP contribution in [0, 0.1) is 0 Å². The van der Waals surface area contributed by atoms with Crippen LogP contribution in [0.15, 0.2) is 52.6 Å². The van der Waals surface area contributed by atoms with E-state index < -0.39 is 0 Å². The molecule has 0 bridgehead atoms. The quantitative estimate of drug-likeness (QED) is 0.354. The summed E-state index contributed by atoms with van der Waals surface area (Å²) in [5, 5.41) is 0. The van der Waals surface area contributed by atoms with Gasteiger partial charge in [-0.1, -0.05) is 42.8 Å². The highest BCUT2D eigenvalue weighted by Gasteiger charge is 2.28. The summed E-state index contributed by atoms with van der Waals surface area (Å²) in [7, 11) is 0. The third-order valence-corrected chi connectivity index (χ3v) is 6.16. The minimum atomic E-state index is -0.111. The highest BCUT2D eigenvalue weighted by Crippen LogP contribution is 2.17. The average molecular weight is 440 g/mol. The zero-order chi connectivity index (χ0) is 22.6. The molecule has 1 unspecified atom stereocenters. The summed E-state index contributed by atoms with van der Waals surface area (Å²) in [4.78, 5) is 28.2. The Morgan fingerprint density at radius 1 is 1.09 bits per heavy atom. The largest absolute Gasteiger partial charge is 0.461 e. The van der Waals surface area contributed by atoms with E-state index in [0.717, 1.165) is 51.4 Å². The molecular formula is C25H37N5O2. The number of hydrogen-bond acceptors (Lipinski definition) is 5. The van der Waals surface area contributed by atoms with Crippen molar-refractivity contribution in [3.8, 4) is 0 Å². The minimum absolute atomic E-state index is 0.111. The Morgan fingerprint density at radius 3 is 2.47 bits per heavy atom. The van der Waals surface area contributed by atoms with Crippen molar-refractivity contribution in [2.75, 3.05) is 45.8 Å².